The molecule has 0 aliphatic rings. The molecule has 1 N–H and O–H groups in total. The molecule has 0 spiro atoms. The number of nitrogens with zero attached hydrogens (tertiary/aromatic N) is 3. The first-order valence-corrected chi connectivity index (χ1v) is 7.64. The summed E-state index contributed by atoms with van der Waals surface area (Å²) in [6.07, 6.45) is 3.46. The van der Waals surface area contributed by atoms with E-state index in [-0.39, 0.29) is 0 Å². The van der Waals surface area contributed by atoms with Gasteiger partial charge in [-0.05, 0) is 44.8 Å². The topological polar surface area (TPSA) is 59.9 Å². The van der Waals surface area contributed by atoms with Crippen molar-refractivity contribution in [1.82, 2.24) is 15.0 Å². The zero-order chi connectivity index (χ0) is 14.5. The Hall–Kier alpha value is -1.05. The minimum absolute atomic E-state index is 0.413. The number of anilines is 1. The van der Waals surface area contributed by atoms with Crippen molar-refractivity contribution in [1.29, 1.82) is 0 Å². The molecule has 5 nitrogen and oxygen atoms in total. The number of halogens is 2. The lowest BCUT2D eigenvalue weighted by Crippen LogP contribution is -2.07. The van der Waals surface area contributed by atoms with E-state index >= 15 is 0 Å². The van der Waals surface area contributed by atoms with Crippen molar-refractivity contribution in [2.24, 2.45) is 0 Å². The average Bonchev–Trinajstić information content (AvgIpc) is 2.43. The summed E-state index contributed by atoms with van der Waals surface area (Å²) in [6, 6.07) is 1.93. The number of hydrogen-bond acceptors (Lipinski definition) is 5. The van der Waals surface area contributed by atoms with Crippen LogP contribution in [0.3, 0.4) is 0 Å². The van der Waals surface area contributed by atoms with Gasteiger partial charge in [-0.3, -0.25) is 4.98 Å². The lowest BCUT2D eigenvalue weighted by Gasteiger charge is -2.11. The van der Waals surface area contributed by atoms with Crippen molar-refractivity contribution in [3.63, 3.8) is 0 Å². The predicted molar refractivity (Wildman–Crippen MR) is 85.5 cm³/mol. The van der Waals surface area contributed by atoms with Crippen molar-refractivity contribution < 1.29 is 4.74 Å². The molecular formula is C13H14Br2N4O. The Morgan fingerprint density at radius 3 is 2.70 bits per heavy atom. The van der Waals surface area contributed by atoms with Crippen LogP contribution in [0.4, 0.5) is 5.82 Å². The number of pyridine rings is 1. The van der Waals surface area contributed by atoms with E-state index < -0.39 is 0 Å². The average molecular weight is 402 g/mol. The quantitative estimate of drug-likeness (QED) is 0.828. The van der Waals surface area contributed by atoms with Crippen LogP contribution >= 0.6 is 31.9 Å². The minimum Gasteiger partial charge on any atom is -0.378 e. The van der Waals surface area contributed by atoms with E-state index in [1.807, 2.05) is 13.0 Å². The number of nitrogens with one attached hydrogen (secondary N) is 1. The van der Waals surface area contributed by atoms with Gasteiger partial charge in [0, 0.05) is 36.1 Å². The van der Waals surface area contributed by atoms with E-state index in [1.165, 1.54) is 0 Å². The largest absolute Gasteiger partial charge is 0.378 e. The molecule has 0 aliphatic carbocycles. The van der Waals surface area contributed by atoms with Crippen LogP contribution in [0.1, 0.15) is 12.6 Å². The van der Waals surface area contributed by atoms with Crippen molar-refractivity contribution in [3.8, 4) is 11.4 Å². The molecule has 0 bridgehead atoms. The maximum Gasteiger partial charge on any atom is 0.163 e. The van der Waals surface area contributed by atoms with E-state index in [0.717, 1.165) is 32.6 Å². The molecule has 0 radical (unpaired) electrons. The first kappa shape index (κ1) is 15.3. The maximum absolute atomic E-state index is 5.18. The van der Waals surface area contributed by atoms with Crippen molar-refractivity contribution in [2.75, 3.05) is 19.0 Å². The van der Waals surface area contributed by atoms with Crippen LogP contribution in [0.15, 0.2) is 27.4 Å². The molecule has 2 rings (SSSR count). The van der Waals surface area contributed by atoms with Gasteiger partial charge in [0.1, 0.15) is 5.82 Å². The number of methoxy groups -OCH3 is 1. The molecule has 0 fully saturated rings. The number of ether oxygens (including phenoxy) is 1. The third-order valence-corrected chi connectivity index (χ3v) is 3.78. The zero-order valence-electron chi connectivity index (χ0n) is 11.2. The van der Waals surface area contributed by atoms with Gasteiger partial charge in [0.15, 0.2) is 5.82 Å². The minimum atomic E-state index is 0.413. The highest BCUT2D eigenvalue weighted by atomic mass is 79.9. The van der Waals surface area contributed by atoms with E-state index in [2.05, 4.69) is 52.1 Å². The van der Waals surface area contributed by atoms with Crippen molar-refractivity contribution >= 4 is 37.7 Å². The summed E-state index contributed by atoms with van der Waals surface area (Å²) in [7, 11) is 1.64. The molecular weight excluding hydrogens is 388 g/mol. The van der Waals surface area contributed by atoms with E-state index in [4.69, 9.17) is 4.74 Å². The molecule has 0 aliphatic heterocycles. The molecule has 0 atom stereocenters. The fraction of sp³-hybridized carbons (Fsp3) is 0.308. The summed E-state index contributed by atoms with van der Waals surface area (Å²) < 4.78 is 6.90. The highest BCUT2D eigenvalue weighted by Crippen LogP contribution is 2.28. The summed E-state index contributed by atoms with van der Waals surface area (Å²) >= 11 is 6.92. The lowest BCUT2D eigenvalue weighted by molar-refractivity contribution is 0.181. The summed E-state index contributed by atoms with van der Waals surface area (Å²) in [5, 5.41) is 3.21. The van der Waals surface area contributed by atoms with Crippen LogP contribution < -0.4 is 5.32 Å². The first-order valence-electron chi connectivity index (χ1n) is 6.05. The number of hydrogen-bond donors (Lipinski definition) is 1. The van der Waals surface area contributed by atoms with Gasteiger partial charge in [-0.25, -0.2) is 9.97 Å². The van der Waals surface area contributed by atoms with Gasteiger partial charge in [-0.1, -0.05) is 0 Å². The molecule has 2 aromatic rings. The molecule has 0 aromatic carbocycles. The predicted octanol–water partition coefficient (Wildman–Crippen LogP) is 3.64. The second-order valence-electron chi connectivity index (χ2n) is 4.01. The lowest BCUT2D eigenvalue weighted by atomic mass is 10.2. The maximum atomic E-state index is 5.18. The van der Waals surface area contributed by atoms with Gasteiger partial charge in [0.2, 0.25) is 0 Å². The monoisotopic (exact) mass is 400 g/mol. The van der Waals surface area contributed by atoms with Gasteiger partial charge < -0.3 is 10.1 Å². The van der Waals surface area contributed by atoms with Crippen molar-refractivity contribution in [2.45, 2.75) is 13.5 Å². The van der Waals surface area contributed by atoms with Crippen LogP contribution in [0, 0.1) is 0 Å². The highest BCUT2D eigenvalue weighted by molar-refractivity contribution is 9.11. The Kier molecular flexibility index (Phi) is 5.45. The third-order valence-electron chi connectivity index (χ3n) is 2.51. The van der Waals surface area contributed by atoms with Gasteiger partial charge in [-0.15, -0.1) is 0 Å². The summed E-state index contributed by atoms with van der Waals surface area (Å²) in [5.74, 6) is 1.37. The van der Waals surface area contributed by atoms with E-state index in [0.29, 0.717) is 12.4 Å². The molecule has 0 amide bonds. The standard InChI is InChI=1S/C13H14Br2N4O/c1-3-17-13-11(15)10(7-20-2)18-12(19-13)8-4-9(14)6-16-5-8/h4-6H,3,7H2,1-2H3,(H,17,18,19). The normalized spacial score (nSPS) is 10.6. The summed E-state index contributed by atoms with van der Waals surface area (Å²) in [4.78, 5) is 13.2. The molecule has 20 heavy (non-hydrogen) atoms. The summed E-state index contributed by atoms with van der Waals surface area (Å²) in [6.45, 7) is 3.21. The third kappa shape index (κ3) is 3.53. The first-order chi connectivity index (χ1) is 9.65. The number of aromatic nitrogens is 3. The Labute approximate surface area is 134 Å². The molecule has 2 aromatic heterocycles. The van der Waals surface area contributed by atoms with Crippen LogP contribution in [-0.4, -0.2) is 28.6 Å². The van der Waals surface area contributed by atoms with Crippen LogP contribution in [0.2, 0.25) is 0 Å². The van der Waals surface area contributed by atoms with Crippen molar-refractivity contribution in [3.05, 3.63) is 33.1 Å². The second kappa shape index (κ2) is 7.10. The Morgan fingerprint density at radius 1 is 1.25 bits per heavy atom. The van der Waals surface area contributed by atoms with E-state index in [1.54, 1.807) is 19.5 Å². The van der Waals surface area contributed by atoms with Crippen LogP contribution in [0.5, 0.6) is 0 Å². The van der Waals surface area contributed by atoms with E-state index in [9.17, 15) is 0 Å². The fourth-order valence-electron chi connectivity index (χ4n) is 1.67. The smallest absolute Gasteiger partial charge is 0.163 e. The molecule has 106 valence electrons. The second-order valence-corrected chi connectivity index (χ2v) is 5.72. The van der Waals surface area contributed by atoms with Gasteiger partial charge in [-0.2, -0.15) is 0 Å². The number of rotatable bonds is 5. The van der Waals surface area contributed by atoms with Crippen LogP contribution in [-0.2, 0) is 11.3 Å². The molecule has 0 saturated carbocycles. The van der Waals surface area contributed by atoms with Gasteiger partial charge in [0.25, 0.3) is 0 Å². The van der Waals surface area contributed by atoms with Gasteiger partial charge >= 0.3 is 0 Å². The Bertz CT molecular complexity index is 580. The fourth-order valence-corrected chi connectivity index (χ4v) is 2.47. The summed E-state index contributed by atoms with van der Waals surface area (Å²) in [5.41, 5.74) is 1.65. The SMILES string of the molecule is CCNc1nc(-c2cncc(Br)c2)nc(COC)c1Br. The Balaban J connectivity index is 2.52. The van der Waals surface area contributed by atoms with Gasteiger partial charge in [0.05, 0.1) is 16.8 Å². The van der Waals surface area contributed by atoms with Crippen LogP contribution in [0.25, 0.3) is 11.4 Å². The molecule has 2 heterocycles. The zero-order valence-corrected chi connectivity index (χ0v) is 14.3. The Morgan fingerprint density at radius 2 is 2.05 bits per heavy atom. The highest BCUT2D eigenvalue weighted by Gasteiger charge is 2.13. The molecule has 0 unspecified atom stereocenters. The molecule has 0 saturated heterocycles. The molecule has 7 heteroatoms.